The topological polar surface area (TPSA) is 123 Å². The van der Waals surface area contributed by atoms with E-state index < -0.39 is 10.0 Å². The minimum absolute atomic E-state index is 0.0643. The lowest BCUT2D eigenvalue weighted by Gasteiger charge is -2.13. The molecule has 34 heavy (non-hydrogen) atoms. The van der Waals surface area contributed by atoms with E-state index in [-0.39, 0.29) is 4.90 Å². The molecule has 0 bridgehead atoms. The number of nitrogens with two attached hydrogens (primary N) is 1. The van der Waals surface area contributed by atoms with Crippen molar-refractivity contribution in [3.63, 3.8) is 0 Å². The van der Waals surface area contributed by atoms with Crippen LogP contribution in [0.2, 0.25) is 0 Å². The van der Waals surface area contributed by atoms with Crippen LogP contribution in [0.4, 0.5) is 22.6 Å². The maximum absolute atomic E-state index is 11.6. The van der Waals surface area contributed by atoms with Crippen LogP contribution in [0.5, 0.6) is 0 Å². The molecule has 0 aliphatic heterocycles. The van der Waals surface area contributed by atoms with Gasteiger partial charge in [0.05, 0.1) is 15.1 Å². The summed E-state index contributed by atoms with van der Waals surface area (Å²) >= 11 is 1.59. The van der Waals surface area contributed by atoms with E-state index in [1.807, 2.05) is 12.1 Å². The smallest absolute Gasteiger partial charge is 0.238 e. The number of thiazole rings is 1. The quantitative estimate of drug-likeness (QED) is 0.303. The number of primary sulfonamides is 1. The van der Waals surface area contributed by atoms with Gasteiger partial charge in [-0.25, -0.2) is 23.5 Å². The number of fused-ring (bicyclic) bond motifs is 1. The van der Waals surface area contributed by atoms with Gasteiger partial charge in [0, 0.05) is 17.4 Å². The molecular weight excluding hydrogens is 468 g/mol. The molecule has 10 heteroatoms. The summed E-state index contributed by atoms with van der Waals surface area (Å²) in [5.74, 6) is 1.48. The second-order valence-corrected chi connectivity index (χ2v) is 11.2. The molecule has 0 atom stereocenters. The van der Waals surface area contributed by atoms with Crippen LogP contribution in [0.15, 0.2) is 47.4 Å². The van der Waals surface area contributed by atoms with Crippen LogP contribution in [0.25, 0.3) is 10.2 Å². The van der Waals surface area contributed by atoms with Crippen molar-refractivity contribution in [2.75, 3.05) is 10.6 Å². The number of aryl methyl sites for hydroxylation is 2. The lowest BCUT2D eigenvalue weighted by Crippen LogP contribution is -2.12. The molecular formula is C24H28N6O2S2. The summed E-state index contributed by atoms with van der Waals surface area (Å²) < 4.78 is 24.4. The highest BCUT2D eigenvalue weighted by molar-refractivity contribution is 7.89. The zero-order chi connectivity index (χ0) is 24.5. The number of rotatable bonds is 8. The molecule has 4 rings (SSSR count). The lowest BCUT2D eigenvalue weighted by atomic mass is 10.1. The highest BCUT2D eigenvalue weighted by Crippen LogP contribution is 2.30. The number of hydrogen-bond donors (Lipinski definition) is 3. The molecule has 0 saturated heterocycles. The summed E-state index contributed by atoms with van der Waals surface area (Å²) in [6.45, 7) is 8.21. The molecule has 2 heterocycles. The Hall–Kier alpha value is -3.08. The first kappa shape index (κ1) is 24.1. The van der Waals surface area contributed by atoms with Crippen molar-refractivity contribution in [1.29, 1.82) is 0 Å². The number of nitrogens with one attached hydrogen (secondary N) is 2. The van der Waals surface area contributed by atoms with E-state index in [2.05, 4.69) is 53.5 Å². The van der Waals surface area contributed by atoms with Gasteiger partial charge < -0.3 is 10.6 Å². The van der Waals surface area contributed by atoms with Crippen molar-refractivity contribution in [3.05, 3.63) is 59.3 Å². The Morgan fingerprint density at radius 1 is 1.03 bits per heavy atom. The Bertz CT molecular complexity index is 1450. The van der Waals surface area contributed by atoms with Crippen molar-refractivity contribution in [1.82, 2.24) is 15.0 Å². The number of anilines is 4. The number of nitrogens with zero attached hydrogens (tertiary/aromatic N) is 3. The van der Waals surface area contributed by atoms with Crippen LogP contribution in [0, 0.1) is 12.8 Å². The molecule has 8 nitrogen and oxygen atoms in total. The summed E-state index contributed by atoms with van der Waals surface area (Å²) in [5, 5.41) is 12.6. The van der Waals surface area contributed by atoms with E-state index in [9.17, 15) is 8.42 Å². The van der Waals surface area contributed by atoms with Crippen molar-refractivity contribution in [2.24, 2.45) is 11.1 Å². The van der Waals surface area contributed by atoms with Gasteiger partial charge in [0.15, 0.2) is 5.13 Å². The number of hydrogen-bond acceptors (Lipinski definition) is 8. The molecule has 0 amide bonds. The highest BCUT2D eigenvalue weighted by Gasteiger charge is 2.13. The second-order valence-electron chi connectivity index (χ2n) is 8.61. The van der Waals surface area contributed by atoms with E-state index in [0.29, 0.717) is 23.4 Å². The predicted octanol–water partition coefficient (Wildman–Crippen LogP) is 5.29. The lowest BCUT2D eigenvalue weighted by molar-refractivity contribution is 0.597. The average molecular weight is 497 g/mol. The normalized spacial score (nSPS) is 11.8. The summed E-state index contributed by atoms with van der Waals surface area (Å²) in [5.41, 5.74) is 4.54. The van der Waals surface area contributed by atoms with Crippen molar-refractivity contribution < 1.29 is 8.42 Å². The molecule has 0 unspecified atom stereocenters. The average Bonchev–Trinajstić information content (AvgIpc) is 3.15. The Morgan fingerprint density at radius 3 is 2.50 bits per heavy atom. The summed E-state index contributed by atoms with van der Waals surface area (Å²) in [6.07, 6.45) is 1.77. The Kier molecular flexibility index (Phi) is 6.83. The minimum Gasteiger partial charge on any atom is -0.324 e. The van der Waals surface area contributed by atoms with Crippen molar-refractivity contribution in [3.8, 4) is 0 Å². The largest absolute Gasteiger partial charge is 0.324 e. The number of aromatic nitrogens is 3. The third kappa shape index (κ3) is 5.69. The van der Waals surface area contributed by atoms with Crippen LogP contribution in [0.3, 0.4) is 0 Å². The molecule has 2 aromatic carbocycles. The van der Waals surface area contributed by atoms with E-state index in [0.717, 1.165) is 39.4 Å². The van der Waals surface area contributed by atoms with Gasteiger partial charge in [-0.15, -0.1) is 0 Å². The minimum atomic E-state index is -3.77. The molecule has 4 aromatic rings. The van der Waals surface area contributed by atoms with E-state index in [1.54, 1.807) is 24.3 Å². The Labute approximate surface area is 203 Å². The second kappa shape index (κ2) is 9.65. The maximum atomic E-state index is 11.6. The first-order valence-corrected chi connectivity index (χ1v) is 13.4. The number of sulfonamides is 1. The fraction of sp³-hybridized carbons (Fsp3) is 0.292. The number of benzene rings is 2. The predicted molar refractivity (Wildman–Crippen MR) is 139 cm³/mol. The standard InChI is InChI=1S/C24H28N6O2S2/c1-5-16-6-8-20-21(12-16)33-24(28-20)30-22-13-17(10-14(2)3)26-23(29-22)27-19-9-7-18(11-15(19)4)34(25,31)32/h6-9,11-14H,5,10H2,1-4H3,(H2,25,31,32)(H2,26,27,28,29,30). The van der Waals surface area contributed by atoms with E-state index >= 15 is 0 Å². The molecule has 0 radical (unpaired) electrons. The van der Waals surface area contributed by atoms with Gasteiger partial charge in [0.1, 0.15) is 5.82 Å². The highest BCUT2D eigenvalue weighted by atomic mass is 32.2. The fourth-order valence-electron chi connectivity index (χ4n) is 3.57. The Balaban J connectivity index is 1.65. The first-order chi connectivity index (χ1) is 16.1. The molecule has 2 aromatic heterocycles. The monoisotopic (exact) mass is 496 g/mol. The zero-order valence-corrected chi connectivity index (χ0v) is 21.2. The molecule has 0 aliphatic carbocycles. The molecule has 178 valence electrons. The first-order valence-electron chi connectivity index (χ1n) is 11.1. The van der Waals surface area contributed by atoms with Crippen LogP contribution in [0.1, 0.15) is 37.6 Å². The van der Waals surface area contributed by atoms with Crippen LogP contribution in [-0.4, -0.2) is 23.4 Å². The van der Waals surface area contributed by atoms with Gasteiger partial charge in [-0.3, -0.25) is 0 Å². The third-order valence-corrected chi connectivity index (χ3v) is 7.11. The van der Waals surface area contributed by atoms with Crippen molar-refractivity contribution >= 4 is 54.2 Å². The van der Waals surface area contributed by atoms with Gasteiger partial charge in [-0.2, -0.15) is 4.98 Å². The zero-order valence-electron chi connectivity index (χ0n) is 19.6. The van der Waals surface area contributed by atoms with E-state index in [4.69, 9.17) is 10.1 Å². The molecule has 0 spiro atoms. The van der Waals surface area contributed by atoms with Gasteiger partial charge in [0.2, 0.25) is 16.0 Å². The fourth-order valence-corrected chi connectivity index (χ4v) is 5.10. The van der Waals surface area contributed by atoms with Crippen LogP contribution in [-0.2, 0) is 22.9 Å². The van der Waals surface area contributed by atoms with Crippen LogP contribution < -0.4 is 15.8 Å². The Morgan fingerprint density at radius 2 is 1.82 bits per heavy atom. The maximum Gasteiger partial charge on any atom is 0.238 e. The summed E-state index contributed by atoms with van der Waals surface area (Å²) in [6, 6.07) is 12.9. The molecule has 4 N–H and O–H groups in total. The molecule has 0 saturated carbocycles. The molecule has 0 aliphatic rings. The van der Waals surface area contributed by atoms with Gasteiger partial charge in [-0.05, 0) is 67.1 Å². The third-order valence-electron chi connectivity index (χ3n) is 5.27. The summed E-state index contributed by atoms with van der Waals surface area (Å²) in [4.78, 5) is 14.1. The molecule has 0 fully saturated rings. The van der Waals surface area contributed by atoms with Gasteiger partial charge in [-0.1, -0.05) is 38.2 Å². The van der Waals surface area contributed by atoms with Crippen LogP contribution >= 0.6 is 11.3 Å². The van der Waals surface area contributed by atoms with Gasteiger partial charge >= 0.3 is 0 Å². The van der Waals surface area contributed by atoms with Crippen molar-refractivity contribution in [2.45, 2.75) is 45.4 Å². The van der Waals surface area contributed by atoms with E-state index in [1.165, 1.54) is 17.7 Å². The SMILES string of the molecule is CCc1ccc2nc(Nc3cc(CC(C)C)nc(Nc4ccc(S(N)(=O)=O)cc4C)n3)sc2c1. The summed E-state index contributed by atoms with van der Waals surface area (Å²) in [7, 11) is -3.77. The van der Waals surface area contributed by atoms with Gasteiger partial charge in [0.25, 0.3) is 0 Å².